The first-order chi connectivity index (χ1) is 22.4. The van der Waals surface area contributed by atoms with Crippen LogP contribution < -0.4 is 4.74 Å². The third kappa shape index (κ3) is 8.75. The van der Waals surface area contributed by atoms with Crippen LogP contribution in [0.4, 0.5) is 35.1 Å². The molecule has 0 amide bonds. The normalized spacial score (nSPS) is 22.1. The summed E-state index contributed by atoms with van der Waals surface area (Å²) in [5.74, 6) is -8.26. The van der Waals surface area contributed by atoms with Crippen molar-refractivity contribution in [3.8, 4) is 16.9 Å². The Kier molecular flexibility index (Phi) is 11.3. The van der Waals surface area contributed by atoms with Crippen molar-refractivity contribution in [3.05, 3.63) is 94.6 Å². The number of benzene rings is 3. The summed E-state index contributed by atoms with van der Waals surface area (Å²) < 4.78 is 124. The van der Waals surface area contributed by atoms with E-state index >= 15 is 4.39 Å². The largest absolute Gasteiger partial charge is 0.429 e. The highest BCUT2D eigenvalue weighted by Crippen LogP contribution is 2.41. The average molecular weight is 667 g/mol. The van der Waals surface area contributed by atoms with Gasteiger partial charge in [-0.25, -0.2) is 26.3 Å². The topological polar surface area (TPSA) is 18.5 Å². The molecule has 3 aromatic rings. The van der Waals surface area contributed by atoms with Crippen molar-refractivity contribution in [2.24, 2.45) is 11.8 Å². The molecular weight excluding hydrogens is 628 g/mol. The molecule has 5 rings (SSSR count). The third-order valence-corrected chi connectivity index (χ3v) is 9.43. The molecule has 254 valence electrons. The summed E-state index contributed by atoms with van der Waals surface area (Å²) in [4.78, 5) is 0. The number of halogens is 8. The number of rotatable bonds is 11. The summed E-state index contributed by atoms with van der Waals surface area (Å²) in [7, 11) is 0. The predicted molar refractivity (Wildman–Crippen MR) is 164 cm³/mol. The molecule has 0 N–H and O–H groups in total. The van der Waals surface area contributed by atoms with Gasteiger partial charge in [-0.2, -0.15) is 8.78 Å². The molecule has 1 aliphatic heterocycles. The second kappa shape index (κ2) is 15.2. The van der Waals surface area contributed by atoms with Crippen molar-refractivity contribution in [1.82, 2.24) is 0 Å². The van der Waals surface area contributed by atoms with Crippen LogP contribution in [0, 0.1) is 46.7 Å². The number of alkyl halides is 2. The zero-order valence-electron chi connectivity index (χ0n) is 26.1. The Morgan fingerprint density at radius 3 is 2.06 bits per heavy atom. The van der Waals surface area contributed by atoms with Gasteiger partial charge >= 0.3 is 6.11 Å². The van der Waals surface area contributed by atoms with Crippen LogP contribution in [-0.2, 0) is 4.74 Å². The van der Waals surface area contributed by atoms with Crippen molar-refractivity contribution in [2.45, 2.75) is 89.3 Å². The van der Waals surface area contributed by atoms with Crippen molar-refractivity contribution >= 4 is 6.08 Å². The molecule has 1 aliphatic carbocycles. The number of ether oxygens (including phenoxy) is 2. The first-order valence-electron chi connectivity index (χ1n) is 16.2. The van der Waals surface area contributed by atoms with Crippen LogP contribution >= 0.6 is 0 Å². The van der Waals surface area contributed by atoms with E-state index in [1.807, 2.05) is 0 Å². The lowest BCUT2D eigenvalue weighted by Gasteiger charge is -2.38. The smallest absolute Gasteiger partial charge is 0.419 e. The number of unbranched alkanes of at least 4 members (excludes halogenated alkanes) is 2. The lowest BCUT2D eigenvalue weighted by Crippen LogP contribution is -2.34. The zero-order valence-corrected chi connectivity index (χ0v) is 26.1. The van der Waals surface area contributed by atoms with E-state index in [4.69, 9.17) is 4.74 Å². The molecule has 1 saturated carbocycles. The Hall–Kier alpha value is -3.40. The molecule has 47 heavy (non-hydrogen) atoms. The van der Waals surface area contributed by atoms with Crippen molar-refractivity contribution in [1.29, 1.82) is 0 Å². The molecule has 1 heterocycles. The highest BCUT2D eigenvalue weighted by molar-refractivity contribution is 5.67. The summed E-state index contributed by atoms with van der Waals surface area (Å²) in [6.07, 6.45) is 7.44. The first kappa shape index (κ1) is 34.9. The molecule has 2 nitrogen and oxygen atoms in total. The number of hydrogen-bond donors (Lipinski definition) is 0. The van der Waals surface area contributed by atoms with Gasteiger partial charge in [0.15, 0.2) is 17.5 Å². The fourth-order valence-electron chi connectivity index (χ4n) is 6.81. The molecule has 0 bridgehead atoms. The maximum atomic E-state index is 15.3. The molecule has 2 unspecified atom stereocenters. The zero-order chi connectivity index (χ0) is 33.7. The minimum atomic E-state index is -4.27. The molecule has 3 aromatic carbocycles. The second-order valence-corrected chi connectivity index (χ2v) is 12.7. The van der Waals surface area contributed by atoms with E-state index in [9.17, 15) is 30.7 Å². The van der Waals surface area contributed by atoms with Crippen LogP contribution in [-0.4, -0.2) is 18.8 Å². The van der Waals surface area contributed by atoms with Gasteiger partial charge in [0, 0.05) is 35.9 Å². The van der Waals surface area contributed by atoms with E-state index < -0.39 is 52.3 Å². The van der Waals surface area contributed by atoms with Gasteiger partial charge < -0.3 is 9.47 Å². The molecule has 1 saturated heterocycles. The summed E-state index contributed by atoms with van der Waals surface area (Å²) in [5, 5.41) is 0. The average Bonchev–Trinajstić information content (AvgIpc) is 3.03. The lowest BCUT2D eigenvalue weighted by atomic mass is 9.75. The van der Waals surface area contributed by atoms with Crippen LogP contribution in [0.2, 0.25) is 0 Å². The summed E-state index contributed by atoms with van der Waals surface area (Å²) >= 11 is 0. The van der Waals surface area contributed by atoms with Gasteiger partial charge in [-0.3, -0.25) is 0 Å². The molecule has 0 spiro atoms. The fourth-order valence-corrected chi connectivity index (χ4v) is 6.81. The van der Waals surface area contributed by atoms with Gasteiger partial charge in [-0.05, 0) is 98.1 Å². The molecule has 0 aromatic heterocycles. The highest BCUT2D eigenvalue weighted by Gasteiger charge is 2.33. The van der Waals surface area contributed by atoms with E-state index in [1.54, 1.807) is 6.07 Å². The maximum absolute atomic E-state index is 15.3. The SMILES string of the molecule is CCCCCC1CCC(C2CCC(c3ccc(-c4cc(F)c(/C=C/C(F)(F)Oc5cc(F)c(F)c(F)c5)c(F)c4)c(F)c3)CC2)OC1. The standard InChI is InChI=1S/C37H38F8O2/c1-2-3-4-5-22-6-13-35(46-21-22)24-9-7-23(8-10-24)25-11-12-28(30(38)16-25)26-17-31(39)29(32(40)18-26)14-15-37(44,45)47-27-19-33(41)36(43)34(42)20-27/h11-12,14-20,22-24,35H,2-10,13,21H2,1H3/b15-14+. The molecule has 2 aliphatic rings. The fraction of sp³-hybridized carbons (Fsp3) is 0.459. The van der Waals surface area contributed by atoms with Gasteiger partial charge in [0.25, 0.3) is 0 Å². The van der Waals surface area contributed by atoms with E-state index in [0.717, 1.165) is 56.4 Å². The van der Waals surface area contributed by atoms with Gasteiger partial charge in [0.2, 0.25) is 0 Å². The summed E-state index contributed by atoms with van der Waals surface area (Å²) in [5.41, 5.74) is -0.216. The Bertz CT molecular complexity index is 1510. The van der Waals surface area contributed by atoms with E-state index in [-0.39, 0.29) is 41.4 Å². The van der Waals surface area contributed by atoms with E-state index in [0.29, 0.717) is 17.9 Å². The quantitative estimate of drug-likeness (QED) is 0.115. The molecular formula is C37H38F8O2. The Morgan fingerprint density at radius 2 is 1.47 bits per heavy atom. The number of hydrogen-bond acceptors (Lipinski definition) is 2. The minimum Gasteiger partial charge on any atom is -0.429 e. The Morgan fingerprint density at radius 1 is 0.787 bits per heavy atom. The van der Waals surface area contributed by atoms with Gasteiger partial charge in [-0.15, -0.1) is 0 Å². The molecule has 2 fully saturated rings. The minimum absolute atomic E-state index is 0.0246. The van der Waals surface area contributed by atoms with Crippen molar-refractivity contribution < 1.29 is 44.6 Å². The Balaban J connectivity index is 1.19. The monoisotopic (exact) mass is 666 g/mol. The van der Waals surface area contributed by atoms with Crippen LogP contribution in [0.15, 0.2) is 48.5 Å². The van der Waals surface area contributed by atoms with Gasteiger partial charge in [0.1, 0.15) is 23.2 Å². The van der Waals surface area contributed by atoms with E-state index in [2.05, 4.69) is 11.7 Å². The van der Waals surface area contributed by atoms with Crippen LogP contribution in [0.25, 0.3) is 17.2 Å². The molecule has 2 atom stereocenters. The van der Waals surface area contributed by atoms with Crippen LogP contribution in [0.1, 0.15) is 88.2 Å². The summed E-state index contributed by atoms with van der Waals surface area (Å²) in [6, 6.07) is 6.67. The lowest BCUT2D eigenvalue weighted by molar-refractivity contribution is -0.131. The van der Waals surface area contributed by atoms with Gasteiger partial charge in [-0.1, -0.05) is 38.3 Å². The molecule has 0 radical (unpaired) electrons. The Labute approximate surface area is 269 Å². The highest BCUT2D eigenvalue weighted by atomic mass is 19.3. The van der Waals surface area contributed by atoms with Crippen LogP contribution in [0.3, 0.4) is 0 Å². The van der Waals surface area contributed by atoms with E-state index in [1.165, 1.54) is 44.2 Å². The van der Waals surface area contributed by atoms with Crippen LogP contribution in [0.5, 0.6) is 5.75 Å². The third-order valence-electron chi connectivity index (χ3n) is 9.43. The summed E-state index contributed by atoms with van der Waals surface area (Å²) in [6.45, 7) is 3.05. The first-order valence-corrected chi connectivity index (χ1v) is 16.2. The maximum Gasteiger partial charge on any atom is 0.419 e. The van der Waals surface area contributed by atoms with Crippen molar-refractivity contribution in [2.75, 3.05) is 6.61 Å². The van der Waals surface area contributed by atoms with Gasteiger partial charge in [0.05, 0.1) is 6.10 Å². The predicted octanol–water partition coefficient (Wildman–Crippen LogP) is 11.5. The van der Waals surface area contributed by atoms with Crippen molar-refractivity contribution in [3.63, 3.8) is 0 Å². The molecule has 10 heteroatoms. The second-order valence-electron chi connectivity index (χ2n) is 12.7.